The number of nitrogens with one attached hydrogen (secondary N) is 1. The van der Waals surface area contributed by atoms with Gasteiger partial charge >= 0.3 is 0 Å². The molecule has 34 heavy (non-hydrogen) atoms. The van der Waals surface area contributed by atoms with Gasteiger partial charge in [-0.2, -0.15) is 0 Å². The third kappa shape index (κ3) is 5.26. The molecule has 9 heteroatoms. The first-order chi connectivity index (χ1) is 16.4. The first kappa shape index (κ1) is 24.6. The summed E-state index contributed by atoms with van der Waals surface area (Å²) >= 11 is 0. The smallest absolute Gasteiger partial charge is 0.256 e. The number of piperidine rings is 1. The minimum atomic E-state index is -0.882. The molecule has 0 radical (unpaired) electrons. The average molecular weight is 473 g/mol. The second-order valence-corrected chi connectivity index (χ2v) is 9.54. The maximum absolute atomic E-state index is 13.6. The quantitative estimate of drug-likeness (QED) is 0.663. The summed E-state index contributed by atoms with van der Waals surface area (Å²) in [5.41, 5.74) is -0.355. The van der Waals surface area contributed by atoms with Gasteiger partial charge < -0.3 is 19.7 Å². The number of likely N-dealkylation sites (tertiary alicyclic amines) is 1. The molecule has 3 heterocycles. The molecule has 3 amide bonds. The van der Waals surface area contributed by atoms with E-state index in [0.29, 0.717) is 51.3 Å². The number of carbonyl (C=O) groups is 3. The van der Waals surface area contributed by atoms with Gasteiger partial charge in [0.2, 0.25) is 11.8 Å². The van der Waals surface area contributed by atoms with Crippen LogP contribution < -0.4 is 5.32 Å². The van der Waals surface area contributed by atoms with Crippen LogP contribution in [0.15, 0.2) is 30.3 Å². The van der Waals surface area contributed by atoms with Gasteiger partial charge in [-0.05, 0) is 12.1 Å². The Morgan fingerprint density at radius 1 is 1.06 bits per heavy atom. The van der Waals surface area contributed by atoms with E-state index < -0.39 is 11.8 Å². The van der Waals surface area contributed by atoms with Gasteiger partial charge in [0, 0.05) is 63.6 Å². The maximum atomic E-state index is 13.6. The van der Waals surface area contributed by atoms with Crippen LogP contribution in [0.3, 0.4) is 0 Å². The number of carbonyl (C=O) groups excluding carboxylic acids is 3. The fourth-order valence-electron chi connectivity index (χ4n) is 5.01. The number of nitrogens with zero attached hydrogens (tertiary/aromatic N) is 3. The Bertz CT molecular complexity index is 863. The summed E-state index contributed by atoms with van der Waals surface area (Å²) in [6.45, 7) is 9.32. The van der Waals surface area contributed by atoms with Crippen LogP contribution >= 0.6 is 0 Å². The topological polar surface area (TPSA) is 91.4 Å². The fraction of sp³-hybridized carbons (Fsp3) is 0.640. The highest BCUT2D eigenvalue weighted by atomic mass is 16.5. The van der Waals surface area contributed by atoms with E-state index in [0.717, 1.165) is 19.6 Å². The Balaban J connectivity index is 1.47. The van der Waals surface area contributed by atoms with Crippen LogP contribution in [0.1, 0.15) is 37.0 Å². The zero-order valence-electron chi connectivity index (χ0n) is 20.2. The zero-order chi connectivity index (χ0) is 24.1. The lowest BCUT2D eigenvalue weighted by Gasteiger charge is -2.44. The first-order valence-corrected chi connectivity index (χ1v) is 12.3. The molecule has 3 saturated heterocycles. The largest absolute Gasteiger partial charge is 0.379 e. The van der Waals surface area contributed by atoms with Crippen LogP contribution in [0, 0.1) is 5.92 Å². The Hall–Kier alpha value is -2.49. The minimum Gasteiger partial charge on any atom is -0.379 e. The van der Waals surface area contributed by atoms with E-state index in [4.69, 9.17) is 9.47 Å². The van der Waals surface area contributed by atoms with Crippen molar-refractivity contribution in [2.24, 2.45) is 5.92 Å². The molecule has 186 valence electrons. The predicted octanol–water partition coefficient (Wildman–Crippen LogP) is 0.951. The molecular weight excluding hydrogens is 436 g/mol. The molecule has 0 aliphatic carbocycles. The zero-order valence-corrected chi connectivity index (χ0v) is 20.2. The number of rotatable bonds is 6. The molecule has 3 aliphatic heterocycles. The standard InChI is InChI=1S/C25H36N4O5/c1-19(2)23(31)28-11-8-25(9-12-28)29(24(32)20-6-4-3-5-7-20)21(18-34-25)22(30)26-10-13-27-14-16-33-17-15-27/h3-7,19,21H,8-18H2,1-2H3,(H,26,30)/t21-/m1/s1. The second-order valence-electron chi connectivity index (χ2n) is 9.54. The Labute approximate surface area is 201 Å². The summed E-state index contributed by atoms with van der Waals surface area (Å²) in [6, 6.07) is 8.32. The molecular formula is C25H36N4O5. The maximum Gasteiger partial charge on any atom is 0.256 e. The third-order valence-corrected chi connectivity index (χ3v) is 6.98. The lowest BCUT2D eigenvalue weighted by atomic mass is 9.95. The van der Waals surface area contributed by atoms with E-state index in [1.54, 1.807) is 17.0 Å². The summed E-state index contributed by atoms with van der Waals surface area (Å²) in [5, 5.41) is 3.01. The van der Waals surface area contributed by atoms with Crippen LogP contribution in [0.5, 0.6) is 0 Å². The minimum absolute atomic E-state index is 0.0782. The molecule has 4 rings (SSSR count). The molecule has 1 N–H and O–H groups in total. The molecule has 0 aromatic heterocycles. The van der Waals surface area contributed by atoms with Gasteiger partial charge in [-0.1, -0.05) is 32.0 Å². The van der Waals surface area contributed by atoms with Gasteiger partial charge in [-0.3, -0.25) is 24.2 Å². The molecule has 1 aromatic carbocycles. The average Bonchev–Trinajstić information content (AvgIpc) is 3.23. The summed E-state index contributed by atoms with van der Waals surface area (Å²) in [4.78, 5) is 45.1. The SMILES string of the molecule is CC(C)C(=O)N1CCC2(CC1)OC[C@H](C(=O)NCCN1CCOCC1)N2C(=O)c1ccccc1. The molecule has 1 atom stereocenters. The lowest BCUT2D eigenvalue weighted by molar-refractivity contribution is -0.146. The highest BCUT2D eigenvalue weighted by molar-refractivity contribution is 5.98. The Morgan fingerprint density at radius 2 is 1.74 bits per heavy atom. The van der Waals surface area contributed by atoms with Crippen molar-refractivity contribution in [3.63, 3.8) is 0 Å². The van der Waals surface area contributed by atoms with E-state index in [1.165, 1.54) is 0 Å². The second kappa shape index (κ2) is 10.8. The number of ether oxygens (including phenoxy) is 2. The van der Waals surface area contributed by atoms with Gasteiger partial charge in [0.15, 0.2) is 0 Å². The summed E-state index contributed by atoms with van der Waals surface area (Å²) in [6.07, 6.45) is 0.975. The van der Waals surface area contributed by atoms with Crippen molar-refractivity contribution in [2.75, 3.05) is 59.1 Å². The number of amides is 3. The van der Waals surface area contributed by atoms with Gasteiger partial charge in [-0.25, -0.2) is 0 Å². The van der Waals surface area contributed by atoms with Crippen LogP contribution in [-0.2, 0) is 19.1 Å². The monoisotopic (exact) mass is 472 g/mol. The van der Waals surface area contributed by atoms with Crippen molar-refractivity contribution < 1.29 is 23.9 Å². The van der Waals surface area contributed by atoms with Crippen molar-refractivity contribution >= 4 is 17.7 Å². The van der Waals surface area contributed by atoms with Crippen molar-refractivity contribution in [3.8, 4) is 0 Å². The molecule has 3 fully saturated rings. The molecule has 0 unspecified atom stereocenters. The normalized spacial score (nSPS) is 22.9. The third-order valence-electron chi connectivity index (χ3n) is 6.98. The van der Waals surface area contributed by atoms with Gasteiger partial charge in [-0.15, -0.1) is 0 Å². The number of morpholine rings is 1. The van der Waals surface area contributed by atoms with Crippen molar-refractivity contribution in [1.82, 2.24) is 20.0 Å². The van der Waals surface area contributed by atoms with Gasteiger partial charge in [0.1, 0.15) is 11.8 Å². The Kier molecular flexibility index (Phi) is 7.85. The number of benzene rings is 1. The van der Waals surface area contributed by atoms with E-state index in [-0.39, 0.29) is 30.2 Å². The molecule has 1 aromatic rings. The van der Waals surface area contributed by atoms with E-state index in [2.05, 4.69) is 10.2 Å². The fourth-order valence-corrected chi connectivity index (χ4v) is 5.01. The molecule has 0 bridgehead atoms. The predicted molar refractivity (Wildman–Crippen MR) is 126 cm³/mol. The van der Waals surface area contributed by atoms with Crippen LogP contribution in [0.4, 0.5) is 0 Å². The van der Waals surface area contributed by atoms with Crippen molar-refractivity contribution in [2.45, 2.75) is 38.5 Å². The molecule has 1 spiro atoms. The van der Waals surface area contributed by atoms with E-state index in [9.17, 15) is 14.4 Å². The number of hydrogen-bond acceptors (Lipinski definition) is 6. The summed E-state index contributed by atoms with van der Waals surface area (Å²) < 4.78 is 11.6. The van der Waals surface area contributed by atoms with Gasteiger partial charge in [0.05, 0.1) is 19.8 Å². The first-order valence-electron chi connectivity index (χ1n) is 12.3. The van der Waals surface area contributed by atoms with Crippen molar-refractivity contribution in [1.29, 1.82) is 0 Å². The van der Waals surface area contributed by atoms with Gasteiger partial charge in [0.25, 0.3) is 5.91 Å². The number of hydrogen-bond donors (Lipinski definition) is 1. The van der Waals surface area contributed by atoms with Crippen LogP contribution in [0.2, 0.25) is 0 Å². The Morgan fingerprint density at radius 3 is 2.38 bits per heavy atom. The van der Waals surface area contributed by atoms with Crippen molar-refractivity contribution in [3.05, 3.63) is 35.9 Å². The van der Waals surface area contributed by atoms with E-state index >= 15 is 0 Å². The summed E-state index contributed by atoms with van der Waals surface area (Å²) in [7, 11) is 0. The molecule has 3 aliphatic rings. The lowest BCUT2D eigenvalue weighted by Crippen LogP contribution is -2.60. The van der Waals surface area contributed by atoms with Crippen LogP contribution in [0.25, 0.3) is 0 Å². The highest BCUT2D eigenvalue weighted by Gasteiger charge is 2.54. The van der Waals surface area contributed by atoms with E-state index in [1.807, 2.05) is 36.9 Å². The van der Waals surface area contributed by atoms with Crippen LogP contribution in [-0.4, -0.2) is 103 Å². The summed E-state index contributed by atoms with van der Waals surface area (Å²) in [5.74, 6) is -0.387. The highest BCUT2D eigenvalue weighted by Crippen LogP contribution is 2.38. The molecule has 9 nitrogen and oxygen atoms in total. The molecule has 0 saturated carbocycles.